The third-order valence-electron chi connectivity index (χ3n) is 2.65. The standard InChI is InChI=1S/C11H19NO5/c1-11(7-16-2,6-9(13)14)12-10(15)8-4-3-5-17-8/h8H,3-7H2,1-2H3,(H,12,15)(H,13,14). The fourth-order valence-corrected chi connectivity index (χ4v) is 1.95. The Balaban J connectivity index is 2.58. The first-order valence-corrected chi connectivity index (χ1v) is 5.61. The molecule has 1 saturated heterocycles. The molecular formula is C11H19NO5. The topological polar surface area (TPSA) is 84.9 Å². The van der Waals surface area contributed by atoms with Gasteiger partial charge in [0.2, 0.25) is 5.91 Å². The lowest BCUT2D eigenvalue weighted by Crippen LogP contribution is -2.53. The van der Waals surface area contributed by atoms with Crippen molar-refractivity contribution in [1.82, 2.24) is 5.32 Å². The van der Waals surface area contributed by atoms with E-state index in [1.807, 2.05) is 0 Å². The van der Waals surface area contributed by atoms with Crippen LogP contribution < -0.4 is 5.32 Å². The minimum Gasteiger partial charge on any atom is -0.481 e. The average molecular weight is 245 g/mol. The first-order valence-electron chi connectivity index (χ1n) is 5.61. The highest BCUT2D eigenvalue weighted by Crippen LogP contribution is 2.16. The van der Waals surface area contributed by atoms with Crippen molar-refractivity contribution in [2.24, 2.45) is 0 Å². The zero-order chi connectivity index (χ0) is 12.9. The Kier molecular flexibility index (Phi) is 4.89. The number of carboxylic acid groups (broad SMARTS) is 1. The fourth-order valence-electron chi connectivity index (χ4n) is 1.95. The Bertz CT molecular complexity index is 288. The molecule has 6 heteroatoms. The molecule has 0 bridgehead atoms. The Morgan fingerprint density at radius 1 is 1.59 bits per heavy atom. The number of methoxy groups -OCH3 is 1. The monoisotopic (exact) mass is 245 g/mol. The van der Waals surface area contributed by atoms with Crippen molar-refractivity contribution < 1.29 is 24.2 Å². The van der Waals surface area contributed by atoms with Crippen LogP contribution in [0.4, 0.5) is 0 Å². The third-order valence-corrected chi connectivity index (χ3v) is 2.65. The lowest BCUT2D eigenvalue weighted by atomic mass is 9.98. The van der Waals surface area contributed by atoms with Crippen LogP contribution in [0.25, 0.3) is 0 Å². The lowest BCUT2D eigenvalue weighted by Gasteiger charge is -2.29. The number of aliphatic carboxylic acids is 1. The molecule has 0 aliphatic carbocycles. The number of rotatable bonds is 6. The van der Waals surface area contributed by atoms with Gasteiger partial charge >= 0.3 is 5.97 Å². The van der Waals surface area contributed by atoms with E-state index in [0.717, 1.165) is 6.42 Å². The Labute approximate surface area is 100 Å². The summed E-state index contributed by atoms with van der Waals surface area (Å²) in [4.78, 5) is 22.6. The summed E-state index contributed by atoms with van der Waals surface area (Å²) in [6, 6.07) is 0. The number of carboxylic acids is 1. The Morgan fingerprint density at radius 2 is 2.29 bits per heavy atom. The van der Waals surface area contributed by atoms with Crippen molar-refractivity contribution in [3.63, 3.8) is 0 Å². The van der Waals surface area contributed by atoms with Gasteiger partial charge in [-0.1, -0.05) is 0 Å². The van der Waals surface area contributed by atoms with Gasteiger partial charge in [0.15, 0.2) is 0 Å². The summed E-state index contributed by atoms with van der Waals surface area (Å²) in [5.41, 5.74) is -0.899. The summed E-state index contributed by atoms with van der Waals surface area (Å²) in [6.07, 6.45) is 0.902. The highest BCUT2D eigenvalue weighted by atomic mass is 16.5. The van der Waals surface area contributed by atoms with Crippen LogP contribution in [-0.4, -0.2) is 48.9 Å². The van der Waals surface area contributed by atoms with Crippen LogP contribution in [0.1, 0.15) is 26.2 Å². The van der Waals surface area contributed by atoms with E-state index >= 15 is 0 Å². The van der Waals surface area contributed by atoms with Gasteiger partial charge in [0.05, 0.1) is 18.6 Å². The molecule has 1 heterocycles. The number of amides is 1. The molecule has 0 spiro atoms. The molecule has 1 rings (SSSR count). The maximum absolute atomic E-state index is 11.8. The van der Waals surface area contributed by atoms with Crippen LogP contribution in [0.5, 0.6) is 0 Å². The summed E-state index contributed by atoms with van der Waals surface area (Å²) >= 11 is 0. The third kappa shape index (κ3) is 4.32. The quantitative estimate of drug-likeness (QED) is 0.696. The van der Waals surface area contributed by atoms with Gasteiger partial charge in [0.25, 0.3) is 0 Å². The predicted molar refractivity (Wildman–Crippen MR) is 59.7 cm³/mol. The number of carbonyl (C=O) groups is 2. The van der Waals surface area contributed by atoms with Gasteiger partial charge in [-0.25, -0.2) is 0 Å². The average Bonchev–Trinajstić information content (AvgIpc) is 2.68. The Hall–Kier alpha value is -1.14. The van der Waals surface area contributed by atoms with Crippen LogP contribution in [0.2, 0.25) is 0 Å². The van der Waals surface area contributed by atoms with Crippen molar-refractivity contribution in [2.45, 2.75) is 37.8 Å². The van der Waals surface area contributed by atoms with Crippen molar-refractivity contribution in [3.05, 3.63) is 0 Å². The molecule has 6 nitrogen and oxygen atoms in total. The van der Waals surface area contributed by atoms with Gasteiger partial charge in [-0.2, -0.15) is 0 Å². The number of nitrogens with one attached hydrogen (secondary N) is 1. The molecular weight excluding hydrogens is 226 g/mol. The van der Waals surface area contributed by atoms with Crippen molar-refractivity contribution in [1.29, 1.82) is 0 Å². The number of ether oxygens (including phenoxy) is 2. The first kappa shape index (κ1) is 13.9. The summed E-state index contributed by atoms with van der Waals surface area (Å²) in [6.45, 7) is 2.38. The van der Waals surface area contributed by atoms with Crippen molar-refractivity contribution in [3.8, 4) is 0 Å². The van der Waals surface area contributed by atoms with Crippen LogP contribution in [0.15, 0.2) is 0 Å². The zero-order valence-electron chi connectivity index (χ0n) is 10.2. The lowest BCUT2D eigenvalue weighted by molar-refractivity contribution is -0.140. The summed E-state index contributed by atoms with van der Waals surface area (Å²) in [5.74, 6) is -1.24. The molecule has 0 aromatic rings. The van der Waals surface area contributed by atoms with E-state index in [1.54, 1.807) is 6.92 Å². The maximum atomic E-state index is 11.8. The van der Waals surface area contributed by atoms with E-state index in [1.165, 1.54) is 7.11 Å². The van der Waals surface area contributed by atoms with E-state index in [9.17, 15) is 9.59 Å². The molecule has 2 unspecified atom stereocenters. The second kappa shape index (κ2) is 5.97. The van der Waals surface area contributed by atoms with Crippen molar-refractivity contribution >= 4 is 11.9 Å². The molecule has 0 aromatic heterocycles. The molecule has 1 aliphatic rings. The maximum Gasteiger partial charge on any atom is 0.305 e. The van der Waals surface area contributed by atoms with Gasteiger partial charge in [-0.15, -0.1) is 0 Å². The normalized spacial score (nSPS) is 23.1. The van der Waals surface area contributed by atoms with Crippen LogP contribution >= 0.6 is 0 Å². The molecule has 17 heavy (non-hydrogen) atoms. The van der Waals surface area contributed by atoms with E-state index in [2.05, 4.69) is 5.32 Å². The van der Waals surface area contributed by atoms with Gasteiger partial charge in [0, 0.05) is 13.7 Å². The number of hydrogen-bond donors (Lipinski definition) is 2. The van der Waals surface area contributed by atoms with E-state index in [-0.39, 0.29) is 18.9 Å². The van der Waals surface area contributed by atoms with Gasteiger partial charge in [-0.3, -0.25) is 9.59 Å². The summed E-state index contributed by atoms with van der Waals surface area (Å²) in [7, 11) is 1.47. The van der Waals surface area contributed by atoms with Crippen molar-refractivity contribution in [2.75, 3.05) is 20.3 Å². The second-order valence-electron chi connectivity index (χ2n) is 4.56. The second-order valence-corrected chi connectivity index (χ2v) is 4.56. The molecule has 1 amide bonds. The largest absolute Gasteiger partial charge is 0.481 e. The summed E-state index contributed by atoms with van der Waals surface area (Å²) < 4.78 is 10.2. The predicted octanol–water partition coefficient (Wildman–Crippen LogP) is 0.161. The SMILES string of the molecule is COCC(C)(CC(=O)O)NC(=O)C1CCCO1. The molecule has 98 valence electrons. The molecule has 0 aromatic carbocycles. The van der Waals surface area contributed by atoms with E-state index in [0.29, 0.717) is 13.0 Å². The zero-order valence-corrected chi connectivity index (χ0v) is 10.2. The fraction of sp³-hybridized carbons (Fsp3) is 0.818. The molecule has 2 N–H and O–H groups in total. The minimum absolute atomic E-state index is 0.151. The van der Waals surface area contributed by atoms with E-state index < -0.39 is 17.6 Å². The highest BCUT2D eigenvalue weighted by Gasteiger charge is 2.33. The van der Waals surface area contributed by atoms with E-state index in [4.69, 9.17) is 14.6 Å². The molecule has 1 aliphatic heterocycles. The van der Waals surface area contributed by atoms with Crippen LogP contribution in [-0.2, 0) is 19.1 Å². The minimum atomic E-state index is -0.975. The molecule has 2 atom stereocenters. The number of carbonyl (C=O) groups excluding carboxylic acids is 1. The van der Waals surface area contributed by atoms with Crippen LogP contribution in [0.3, 0.4) is 0 Å². The van der Waals surface area contributed by atoms with Crippen LogP contribution in [0, 0.1) is 0 Å². The molecule has 0 saturated carbocycles. The van der Waals surface area contributed by atoms with Gasteiger partial charge in [-0.05, 0) is 19.8 Å². The number of hydrogen-bond acceptors (Lipinski definition) is 4. The first-order chi connectivity index (χ1) is 7.97. The highest BCUT2D eigenvalue weighted by molar-refractivity contribution is 5.82. The van der Waals surface area contributed by atoms with Gasteiger partial charge < -0.3 is 19.9 Å². The van der Waals surface area contributed by atoms with Gasteiger partial charge in [0.1, 0.15) is 6.10 Å². The summed E-state index contributed by atoms with van der Waals surface area (Å²) in [5, 5.41) is 11.5. The smallest absolute Gasteiger partial charge is 0.305 e. The molecule has 0 radical (unpaired) electrons. The Morgan fingerprint density at radius 3 is 2.76 bits per heavy atom. The molecule has 1 fully saturated rings.